The molecular weight excluding hydrogens is 470 g/mol. The summed E-state index contributed by atoms with van der Waals surface area (Å²) in [6.07, 6.45) is 5.42. The maximum atomic E-state index is 13.8. The Morgan fingerprint density at radius 3 is 2.08 bits per heavy atom. The summed E-state index contributed by atoms with van der Waals surface area (Å²) in [5.41, 5.74) is 3.93. The predicted octanol–water partition coefficient (Wildman–Crippen LogP) is 5.19. The molecule has 5 heteroatoms. The average molecular weight is 514 g/mol. The molecule has 4 aliphatic rings. The number of piperazine rings is 1. The number of rotatable bonds is 9. The number of hydrogen-bond acceptors (Lipinski definition) is 3. The first-order valence-corrected chi connectivity index (χ1v) is 14.5. The number of carbonyl (C=O) groups excluding carboxylic acids is 2. The Morgan fingerprint density at radius 2 is 1.55 bits per heavy atom. The Kier molecular flexibility index (Phi) is 8.04. The highest BCUT2D eigenvalue weighted by atomic mass is 16.2. The lowest BCUT2D eigenvalue weighted by atomic mass is 9.49. The molecule has 1 saturated heterocycles. The van der Waals surface area contributed by atoms with Crippen LogP contribution in [0.25, 0.3) is 0 Å². The van der Waals surface area contributed by atoms with Gasteiger partial charge in [0, 0.05) is 52.2 Å². The molecule has 5 nitrogen and oxygen atoms in total. The standard InChI is InChI=1S/C33H43N3O2/c1-4-30(37)36(24-27-15-16-28-23-29(27)33(28,2)3)22-19-34-17-20-35(21-18-34)32(38)31(25-11-7-5-8-12-25)26-13-9-6-10-14-26/h5-15,28-29,31H,4,16-24H2,1-3H3. The Hall–Kier alpha value is -2.92. The van der Waals surface area contributed by atoms with Gasteiger partial charge in [-0.2, -0.15) is 0 Å². The average Bonchev–Trinajstić information content (AvgIpc) is 2.96. The topological polar surface area (TPSA) is 43.9 Å². The van der Waals surface area contributed by atoms with E-state index in [1.165, 1.54) is 12.0 Å². The van der Waals surface area contributed by atoms with Crippen LogP contribution in [0.15, 0.2) is 72.3 Å². The summed E-state index contributed by atoms with van der Waals surface area (Å²) in [4.78, 5) is 33.1. The molecule has 2 atom stereocenters. The molecule has 38 heavy (non-hydrogen) atoms. The highest BCUT2D eigenvalue weighted by Crippen LogP contribution is 2.59. The smallest absolute Gasteiger partial charge is 0.234 e. The van der Waals surface area contributed by atoms with Crippen molar-refractivity contribution in [2.24, 2.45) is 17.3 Å². The van der Waals surface area contributed by atoms with Crippen molar-refractivity contribution in [3.05, 3.63) is 83.4 Å². The van der Waals surface area contributed by atoms with Crippen LogP contribution in [0.1, 0.15) is 57.1 Å². The molecule has 1 heterocycles. The minimum Gasteiger partial charge on any atom is -0.339 e. The van der Waals surface area contributed by atoms with Gasteiger partial charge in [0.05, 0.1) is 5.92 Å². The lowest BCUT2D eigenvalue weighted by Gasteiger charge is -2.57. The van der Waals surface area contributed by atoms with Crippen LogP contribution in [0.3, 0.4) is 0 Å². The maximum Gasteiger partial charge on any atom is 0.234 e. The second kappa shape index (κ2) is 11.4. The lowest BCUT2D eigenvalue weighted by molar-refractivity contribution is -0.133. The number of benzene rings is 2. The van der Waals surface area contributed by atoms with Gasteiger partial charge in [-0.25, -0.2) is 0 Å². The van der Waals surface area contributed by atoms with E-state index in [2.05, 4.69) is 54.0 Å². The molecule has 3 aliphatic carbocycles. The first kappa shape index (κ1) is 26.7. The van der Waals surface area contributed by atoms with E-state index in [0.29, 0.717) is 17.8 Å². The van der Waals surface area contributed by atoms with E-state index in [1.54, 1.807) is 0 Å². The van der Waals surface area contributed by atoms with Crippen molar-refractivity contribution in [2.75, 3.05) is 45.8 Å². The van der Waals surface area contributed by atoms with Gasteiger partial charge in [0.2, 0.25) is 11.8 Å². The fourth-order valence-corrected chi connectivity index (χ4v) is 6.80. The van der Waals surface area contributed by atoms with Crippen molar-refractivity contribution in [1.29, 1.82) is 0 Å². The summed E-state index contributed by atoms with van der Waals surface area (Å²) in [5.74, 6) is 1.59. The number of carbonyl (C=O) groups is 2. The highest BCUT2D eigenvalue weighted by molar-refractivity contribution is 5.87. The molecule has 0 aromatic heterocycles. The minimum absolute atomic E-state index is 0.176. The molecule has 0 radical (unpaired) electrons. The van der Waals surface area contributed by atoms with Crippen molar-refractivity contribution in [3.8, 4) is 0 Å². The van der Waals surface area contributed by atoms with Gasteiger partial charge in [0.15, 0.2) is 0 Å². The van der Waals surface area contributed by atoms with Crippen LogP contribution in [0, 0.1) is 17.3 Å². The third kappa shape index (κ3) is 5.44. The summed E-state index contributed by atoms with van der Waals surface area (Å²) < 4.78 is 0. The first-order chi connectivity index (χ1) is 18.4. The molecule has 6 rings (SSSR count). The zero-order valence-corrected chi connectivity index (χ0v) is 23.3. The summed E-state index contributed by atoms with van der Waals surface area (Å²) in [5, 5.41) is 0. The van der Waals surface area contributed by atoms with E-state index < -0.39 is 0 Å². The second-order valence-electron chi connectivity index (χ2n) is 11.9. The van der Waals surface area contributed by atoms with Crippen molar-refractivity contribution >= 4 is 11.8 Å². The van der Waals surface area contributed by atoms with Gasteiger partial charge >= 0.3 is 0 Å². The fourth-order valence-electron chi connectivity index (χ4n) is 6.80. The van der Waals surface area contributed by atoms with Gasteiger partial charge in [-0.05, 0) is 41.2 Å². The van der Waals surface area contributed by atoms with Crippen LogP contribution < -0.4 is 0 Å². The molecule has 0 N–H and O–H groups in total. The predicted molar refractivity (Wildman–Crippen MR) is 153 cm³/mol. The molecule has 2 fully saturated rings. The van der Waals surface area contributed by atoms with Crippen LogP contribution in [-0.4, -0.2) is 72.3 Å². The zero-order valence-electron chi connectivity index (χ0n) is 23.3. The van der Waals surface area contributed by atoms with E-state index in [4.69, 9.17) is 0 Å². The fraction of sp³-hybridized carbons (Fsp3) is 0.515. The lowest BCUT2D eigenvalue weighted by Crippen LogP contribution is -2.52. The summed E-state index contributed by atoms with van der Waals surface area (Å²) in [6.45, 7) is 12.3. The third-order valence-corrected chi connectivity index (χ3v) is 9.49. The number of allylic oxidation sites excluding steroid dienone is 1. The Balaban J connectivity index is 1.18. The van der Waals surface area contributed by atoms with Crippen LogP contribution >= 0.6 is 0 Å². The van der Waals surface area contributed by atoms with Gasteiger partial charge in [0.25, 0.3) is 0 Å². The molecule has 2 bridgehead atoms. The number of amides is 2. The minimum atomic E-state index is -0.277. The zero-order chi connectivity index (χ0) is 26.7. The summed E-state index contributed by atoms with van der Waals surface area (Å²) in [6, 6.07) is 20.2. The van der Waals surface area contributed by atoms with E-state index >= 15 is 0 Å². The molecule has 202 valence electrons. The third-order valence-electron chi connectivity index (χ3n) is 9.49. The summed E-state index contributed by atoms with van der Waals surface area (Å²) in [7, 11) is 0. The van der Waals surface area contributed by atoms with Gasteiger partial charge in [-0.15, -0.1) is 0 Å². The van der Waals surface area contributed by atoms with E-state index in [0.717, 1.165) is 69.3 Å². The van der Waals surface area contributed by atoms with Gasteiger partial charge in [0.1, 0.15) is 0 Å². The van der Waals surface area contributed by atoms with Crippen LogP contribution in [0.2, 0.25) is 0 Å². The highest BCUT2D eigenvalue weighted by Gasteiger charge is 2.51. The first-order valence-electron chi connectivity index (χ1n) is 14.5. The van der Waals surface area contributed by atoms with Crippen molar-refractivity contribution in [3.63, 3.8) is 0 Å². The largest absolute Gasteiger partial charge is 0.339 e. The SMILES string of the molecule is CCC(=O)N(CCN1CCN(C(=O)C(c2ccccc2)c2ccccc2)CC1)CC1=CCC2CC1C2(C)C. The van der Waals surface area contributed by atoms with Crippen molar-refractivity contribution < 1.29 is 9.59 Å². The Morgan fingerprint density at radius 1 is 0.947 bits per heavy atom. The van der Waals surface area contributed by atoms with Crippen molar-refractivity contribution in [1.82, 2.24) is 14.7 Å². The molecule has 0 spiro atoms. The molecule has 2 amide bonds. The molecule has 1 saturated carbocycles. The number of fused-ring (bicyclic) bond motifs is 1. The monoisotopic (exact) mass is 513 g/mol. The maximum absolute atomic E-state index is 13.8. The van der Waals surface area contributed by atoms with Gasteiger partial charge < -0.3 is 9.80 Å². The van der Waals surface area contributed by atoms with Crippen molar-refractivity contribution in [2.45, 2.75) is 46.0 Å². The Labute approximate surface area is 228 Å². The number of hydrogen-bond donors (Lipinski definition) is 0. The molecule has 2 aromatic rings. The van der Waals surface area contributed by atoms with E-state index in [1.807, 2.05) is 48.2 Å². The molecule has 2 aromatic carbocycles. The Bertz CT molecular complexity index is 1100. The second-order valence-corrected chi connectivity index (χ2v) is 11.9. The summed E-state index contributed by atoms with van der Waals surface area (Å²) >= 11 is 0. The molecule has 1 aliphatic heterocycles. The quantitative estimate of drug-likeness (QED) is 0.433. The molecule has 2 unspecified atom stereocenters. The normalized spacial score (nSPS) is 22.5. The number of nitrogens with zero attached hydrogens (tertiary/aromatic N) is 3. The van der Waals surface area contributed by atoms with E-state index in [-0.39, 0.29) is 17.7 Å². The van der Waals surface area contributed by atoms with Crippen LogP contribution in [0.5, 0.6) is 0 Å². The van der Waals surface area contributed by atoms with Crippen LogP contribution in [-0.2, 0) is 9.59 Å². The molecular formula is C33H43N3O2. The van der Waals surface area contributed by atoms with Crippen LogP contribution in [0.4, 0.5) is 0 Å². The van der Waals surface area contributed by atoms with Gasteiger partial charge in [-0.1, -0.05) is 93.1 Å². The van der Waals surface area contributed by atoms with Gasteiger partial charge in [-0.3, -0.25) is 14.5 Å². The van der Waals surface area contributed by atoms with E-state index in [9.17, 15) is 9.59 Å².